The van der Waals surface area contributed by atoms with Crippen LogP contribution in [0.1, 0.15) is 18.2 Å². The van der Waals surface area contributed by atoms with Gasteiger partial charge in [-0.2, -0.15) is 0 Å². The third kappa shape index (κ3) is 2.69. The molecule has 0 aliphatic rings. The zero-order valence-electron chi connectivity index (χ0n) is 11.5. The van der Waals surface area contributed by atoms with Crippen LogP contribution in [0.25, 0.3) is 0 Å². The third-order valence-electron chi connectivity index (χ3n) is 2.95. The first-order valence-electron chi connectivity index (χ1n) is 6.30. The molecule has 0 aliphatic heterocycles. The van der Waals surface area contributed by atoms with E-state index >= 15 is 0 Å². The van der Waals surface area contributed by atoms with E-state index in [0.717, 1.165) is 5.69 Å². The van der Waals surface area contributed by atoms with Gasteiger partial charge in [0.1, 0.15) is 0 Å². The van der Waals surface area contributed by atoms with Crippen LogP contribution < -0.4 is 10.6 Å². The molecule has 0 saturated carbocycles. The maximum absolute atomic E-state index is 8.85. The molecule has 0 atom stereocenters. The summed E-state index contributed by atoms with van der Waals surface area (Å²) in [6.07, 6.45) is 3.10. The lowest BCUT2D eigenvalue weighted by Crippen LogP contribution is -2.24. The zero-order chi connectivity index (χ0) is 14.5. The van der Waals surface area contributed by atoms with Gasteiger partial charge in [-0.05, 0) is 26.0 Å². The molecule has 1 aromatic heterocycles. The average molecular weight is 271 g/mol. The Morgan fingerprint density at radius 2 is 1.90 bits per heavy atom. The van der Waals surface area contributed by atoms with Gasteiger partial charge in [-0.15, -0.1) is 0 Å². The Kier molecular flexibility index (Phi) is 4.14. The van der Waals surface area contributed by atoms with Crippen molar-refractivity contribution in [1.82, 2.24) is 9.97 Å². The van der Waals surface area contributed by atoms with Crippen LogP contribution >= 0.6 is 0 Å². The predicted octanol–water partition coefficient (Wildman–Crippen LogP) is 2.04. The maximum Gasteiger partial charge on any atom is 0.192 e. The third-order valence-corrected chi connectivity index (χ3v) is 2.95. The Labute approximate surface area is 117 Å². The van der Waals surface area contributed by atoms with Crippen molar-refractivity contribution in [2.75, 3.05) is 11.4 Å². The predicted molar refractivity (Wildman–Crippen MR) is 78.4 cm³/mol. The molecule has 1 aromatic carbocycles. The van der Waals surface area contributed by atoms with Crippen LogP contribution in [0, 0.1) is 6.92 Å². The smallest absolute Gasteiger partial charge is 0.192 e. The van der Waals surface area contributed by atoms with Gasteiger partial charge in [0, 0.05) is 24.6 Å². The minimum atomic E-state index is -0.0568. The van der Waals surface area contributed by atoms with Crippen molar-refractivity contribution in [1.29, 1.82) is 0 Å². The van der Waals surface area contributed by atoms with E-state index in [1.807, 2.05) is 43.0 Å². The Morgan fingerprint density at radius 1 is 1.25 bits per heavy atom. The number of nitrogens with two attached hydrogens (primary N) is 1. The normalized spacial score (nSPS) is 11.4. The van der Waals surface area contributed by atoms with Crippen LogP contribution in [-0.2, 0) is 0 Å². The number of aryl methyl sites for hydroxylation is 1. The molecule has 0 spiro atoms. The van der Waals surface area contributed by atoms with E-state index in [0.29, 0.717) is 18.1 Å². The quantitative estimate of drug-likeness (QED) is 0.384. The lowest BCUT2D eigenvalue weighted by Gasteiger charge is -2.23. The fourth-order valence-electron chi connectivity index (χ4n) is 1.94. The first-order chi connectivity index (χ1) is 9.67. The fraction of sp³-hybridized carbons (Fsp3) is 0.214. The van der Waals surface area contributed by atoms with E-state index in [2.05, 4.69) is 15.1 Å². The van der Waals surface area contributed by atoms with Crippen LogP contribution in [-0.4, -0.2) is 27.6 Å². The number of amidine groups is 1. The summed E-state index contributed by atoms with van der Waals surface area (Å²) < 4.78 is 0. The second kappa shape index (κ2) is 6.01. The maximum atomic E-state index is 8.85. The van der Waals surface area contributed by atoms with Gasteiger partial charge in [0.05, 0.1) is 0 Å². The summed E-state index contributed by atoms with van der Waals surface area (Å²) in [7, 11) is 0. The van der Waals surface area contributed by atoms with Crippen LogP contribution in [0.2, 0.25) is 0 Å². The molecule has 0 fully saturated rings. The summed E-state index contributed by atoms with van der Waals surface area (Å²) in [5, 5.41) is 11.9. The van der Waals surface area contributed by atoms with Crippen LogP contribution in [0.15, 0.2) is 41.8 Å². The Morgan fingerprint density at radius 3 is 2.50 bits per heavy atom. The molecule has 0 aliphatic carbocycles. The highest BCUT2D eigenvalue weighted by atomic mass is 16.4. The Balaban J connectivity index is 2.50. The molecule has 6 heteroatoms. The summed E-state index contributed by atoms with van der Waals surface area (Å²) in [5.41, 5.74) is 8.18. The SMILES string of the molecule is CCN(c1ccc(C)cc1)c1nccnc1C(N)=NO. The van der Waals surface area contributed by atoms with Gasteiger partial charge >= 0.3 is 0 Å². The molecule has 1 heterocycles. The lowest BCUT2D eigenvalue weighted by molar-refractivity contribution is 0.318. The minimum absolute atomic E-state index is 0.0568. The van der Waals surface area contributed by atoms with E-state index in [9.17, 15) is 0 Å². The van der Waals surface area contributed by atoms with E-state index < -0.39 is 0 Å². The molecule has 6 nitrogen and oxygen atoms in total. The van der Waals surface area contributed by atoms with Crippen molar-refractivity contribution >= 4 is 17.3 Å². The lowest BCUT2D eigenvalue weighted by atomic mass is 10.2. The summed E-state index contributed by atoms with van der Waals surface area (Å²) in [4.78, 5) is 10.4. The molecule has 0 unspecified atom stereocenters. The number of anilines is 2. The highest BCUT2D eigenvalue weighted by Gasteiger charge is 2.17. The fourth-order valence-corrected chi connectivity index (χ4v) is 1.94. The molecule has 2 rings (SSSR count). The van der Waals surface area contributed by atoms with E-state index in [1.165, 1.54) is 11.8 Å². The molecule has 0 radical (unpaired) electrons. The number of hydrogen-bond donors (Lipinski definition) is 2. The second-order valence-electron chi connectivity index (χ2n) is 4.29. The largest absolute Gasteiger partial charge is 0.409 e. The minimum Gasteiger partial charge on any atom is -0.409 e. The number of benzene rings is 1. The Bertz CT molecular complexity index is 609. The van der Waals surface area contributed by atoms with Gasteiger partial charge in [-0.3, -0.25) is 0 Å². The molecule has 2 aromatic rings. The van der Waals surface area contributed by atoms with Crippen molar-refractivity contribution in [3.8, 4) is 0 Å². The summed E-state index contributed by atoms with van der Waals surface area (Å²) in [6.45, 7) is 4.72. The van der Waals surface area contributed by atoms with Gasteiger partial charge in [-0.25, -0.2) is 9.97 Å². The molecule has 104 valence electrons. The number of nitrogens with zero attached hydrogens (tertiary/aromatic N) is 4. The van der Waals surface area contributed by atoms with Gasteiger partial charge in [0.25, 0.3) is 0 Å². The first-order valence-corrected chi connectivity index (χ1v) is 6.30. The molecular formula is C14H17N5O. The van der Waals surface area contributed by atoms with Gasteiger partial charge in [0.15, 0.2) is 17.3 Å². The molecule has 0 amide bonds. The van der Waals surface area contributed by atoms with Crippen molar-refractivity contribution in [3.63, 3.8) is 0 Å². The zero-order valence-corrected chi connectivity index (χ0v) is 11.5. The second-order valence-corrected chi connectivity index (χ2v) is 4.29. The highest BCUT2D eigenvalue weighted by Crippen LogP contribution is 2.25. The van der Waals surface area contributed by atoms with Gasteiger partial charge in [0.2, 0.25) is 0 Å². The van der Waals surface area contributed by atoms with E-state index in [4.69, 9.17) is 10.9 Å². The van der Waals surface area contributed by atoms with Crippen molar-refractivity contribution in [3.05, 3.63) is 47.9 Å². The first kappa shape index (κ1) is 13.8. The van der Waals surface area contributed by atoms with E-state index in [-0.39, 0.29) is 5.84 Å². The summed E-state index contributed by atoms with van der Waals surface area (Å²) in [6, 6.07) is 8.06. The highest BCUT2D eigenvalue weighted by molar-refractivity contribution is 6.00. The Hall–Kier alpha value is -2.63. The van der Waals surface area contributed by atoms with Gasteiger partial charge < -0.3 is 15.8 Å². The monoisotopic (exact) mass is 271 g/mol. The molecular weight excluding hydrogens is 254 g/mol. The van der Waals surface area contributed by atoms with Crippen molar-refractivity contribution in [2.24, 2.45) is 10.9 Å². The number of aromatic nitrogens is 2. The van der Waals surface area contributed by atoms with Crippen LogP contribution in [0.3, 0.4) is 0 Å². The van der Waals surface area contributed by atoms with Crippen LogP contribution in [0.4, 0.5) is 11.5 Å². The van der Waals surface area contributed by atoms with Gasteiger partial charge in [-0.1, -0.05) is 22.9 Å². The molecule has 0 bridgehead atoms. The molecule has 3 N–H and O–H groups in total. The molecule has 20 heavy (non-hydrogen) atoms. The average Bonchev–Trinajstić information content (AvgIpc) is 2.49. The molecule has 0 saturated heterocycles. The standard InChI is InChI=1S/C14H17N5O/c1-3-19(11-6-4-10(2)5-7-11)14-12(13(15)18-20)16-8-9-17-14/h4-9,20H,3H2,1-2H3,(H2,15,18). The van der Waals surface area contributed by atoms with E-state index in [1.54, 1.807) is 6.20 Å². The van der Waals surface area contributed by atoms with Crippen molar-refractivity contribution in [2.45, 2.75) is 13.8 Å². The van der Waals surface area contributed by atoms with Crippen molar-refractivity contribution < 1.29 is 5.21 Å². The summed E-state index contributed by atoms with van der Waals surface area (Å²) >= 11 is 0. The number of oxime groups is 1. The summed E-state index contributed by atoms with van der Waals surface area (Å²) in [5.74, 6) is 0.507. The van der Waals surface area contributed by atoms with Crippen LogP contribution in [0.5, 0.6) is 0 Å². The topological polar surface area (TPSA) is 87.6 Å². The number of hydrogen-bond acceptors (Lipinski definition) is 5. The number of rotatable bonds is 4.